The van der Waals surface area contributed by atoms with Gasteiger partial charge >= 0.3 is 11.9 Å². The average Bonchev–Trinajstić information content (AvgIpc) is 2.04. The van der Waals surface area contributed by atoms with Crippen molar-refractivity contribution in [3.05, 3.63) is 35.4 Å². The van der Waals surface area contributed by atoms with Gasteiger partial charge < -0.3 is 10.2 Å². The first-order valence-corrected chi connectivity index (χ1v) is 3.18. The van der Waals surface area contributed by atoms with Gasteiger partial charge in [0.1, 0.15) is 0 Å². The van der Waals surface area contributed by atoms with E-state index in [0.717, 1.165) is 0 Å². The van der Waals surface area contributed by atoms with Crippen molar-refractivity contribution in [2.24, 2.45) is 0 Å². The molecule has 0 heterocycles. The van der Waals surface area contributed by atoms with Gasteiger partial charge in [-0.3, -0.25) is 0 Å². The molecule has 1 rings (SSSR count). The van der Waals surface area contributed by atoms with E-state index < -0.39 is 11.9 Å². The second kappa shape index (κ2) is 4.64. The first-order valence-electron chi connectivity index (χ1n) is 3.18. The molecule has 0 aliphatic carbocycles. The topological polar surface area (TPSA) is 74.6 Å². The molecule has 0 unspecified atom stereocenters. The van der Waals surface area contributed by atoms with E-state index in [1.807, 2.05) is 0 Å². The summed E-state index contributed by atoms with van der Waals surface area (Å²) in [6.45, 7) is 0. The molecule has 0 bridgehead atoms. The monoisotopic (exact) mass is 221 g/mol. The third kappa shape index (κ3) is 2.89. The predicted molar refractivity (Wildman–Crippen MR) is 40.4 cm³/mol. The summed E-state index contributed by atoms with van der Waals surface area (Å²) in [6, 6.07) is 5.02. The van der Waals surface area contributed by atoms with Crippen molar-refractivity contribution in [1.82, 2.24) is 0 Å². The van der Waals surface area contributed by atoms with Crippen LogP contribution in [0.25, 0.3) is 0 Å². The van der Waals surface area contributed by atoms with E-state index in [4.69, 9.17) is 10.2 Å². The van der Waals surface area contributed by atoms with Crippen LogP contribution in [0.1, 0.15) is 20.7 Å². The molecule has 0 spiro atoms. The number of hydrogen-bond acceptors (Lipinski definition) is 2. The van der Waals surface area contributed by atoms with E-state index in [9.17, 15) is 9.59 Å². The van der Waals surface area contributed by atoms with Crippen molar-refractivity contribution < 1.29 is 36.9 Å². The van der Waals surface area contributed by atoms with Crippen LogP contribution in [0.2, 0.25) is 0 Å². The first-order chi connectivity index (χ1) is 5.61. The quantitative estimate of drug-likeness (QED) is 0.732. The Morgan fingerprint density at radius 2 is 1.08 bits per heavy atom. The van der Waals surface area contributed by atoms with Crippen molar-refractivity contribution in [2.75, 3.05) is 0 Å². The molecule has 0 aliphatic heterocycles. The Labute approximate surface area is 84.7 Å². The Hall–Kier alpha value is -1.32. The van der Waals surface area contributed by atoms with E-state index >= 15 is 0 Å². The van der Waals surface area contributed by atoms with Crippen LogP contribution in [0.5, 0.6) is 0 Å². The number of carboxylic acids is 2. The summed E-state index contributed by atoms with van der Waals surface area (Å²) in [5, 5.41) is 16.9. The molecule has 0 amide bonds. The number of benzene rings is 1. The van der Waals surface area contributed by atoms with Gasteiger partial charge in [-0.25, -0.2) is 9.59 Å². The molecule has 0 saturated carbocycles. The summed E-state index contributed by atoms with van der Waals surface area (Å²) in [7, 11) is 0. The fraction of sp³-hybridized carbons (Fsp3) is 0. The van der Waals surface area contributed by atoms with E-state index in [0.29, 0.717) is 0 Å². The van der Waals surface area contributed by atoms with E-state index in [-0.39, 0.29) is 28.2 Å². The van der Waals surface area contributed by atoms with Crippen molar-refractivity contribution in [3.63, 3.8) is 0 Å². The Morgan fingerprint density at radius 1 is 0.846 bits per heavy atom. The van der Waals surface area contributed by atoms with Crippen LogP contribution in [-0.2, 0) is 17.1 Å². The second-order valence-corrected chi connectivity index (χ2v) is 2.19. The van der Waals surface area contributed by atoms with Crippen molar-refractivity contribution >= 4 is 11.9 Å². The van der Waals surface area contributed by atoms with E-state index in [1.54, 1.807) is 0 Å². The molecule has 0 saturated heterocycles. The van der Waals surface area contributed by atoms with Gasteiger partial charge in [0.2, 0.25) is 0 Å². The van der Waals surface area contributed by atoms with Crippen LogP contribution in [-0.4, -0.2) is 22.2 Å². The number of carboxylic acid groups (broad SMARTS) is 2. The van der Waals surface area contributed by atoms with Gasteiger partial charge in [0.25, 0.3) is 0 Å². The van der Waals surface area contributed by atoms with Gasteiger partial charge in [-0.2, -0.15) is 0 Å². The summed E-state index contributed by atoms with van der Waals surface area (Å²) in [6.07, 6.45) is 0. The van der Waals surface area contributed by atoms with E-state index in [2.05, 4.69) is 0 Å². The van der Waals surface area contributed by atoms with Gasteiger partial charge in [-0.05, 0) is 24.3 Å². The zero-order chi connectivity index (χ0) is 9.14. The number of aromatic carboxylic acids is 2. The maximum Gasteiger partial charge on any atom is 0.335 e. The van der Waals surface area contributed by atoms with Crippen LogP contribution in [0.3, 0.4) is 0 Å². The van der Waals surface area contributed by atoms with Crippen LogP contribution >= 0.6 is 0 Å². The van der Waals surface area contributed by atoms with Gasteiger partial charge in [0.05, 0.1) is 11.1 Å². The number of rotatable bonds is 2. The fourth-order valence-electron chi connectivity index (χ4n) is 0.755. The summed E-state index contributed by atoms with van der Waals surface area (Å²) in [5.41, 5.74) is 0.167. The molecule has 13 heavy (non-hydrogen) atoms. The zero-order valence-electron chi connectivity index (χ0n) is 6.40. The molecule has 1 aromatic carbocycles. The fourth-order valence-corrected chi connectivity index (χ4v) is 0.755. The Morgan fingerprint density at radius 3 is 1.23 bits per heavy atom. The van der Waals surface area contributed by atoms with Crippen molar-refractivity contribution in [1.29, 1.82) is 0 Å². The summed E-state index contributed by atoms with van der Waals surface area (Å²) in [4.78, 5) is 20.7. The summed E-state index contributed by atoms with van der Waals surface area (Å²) >= 11 is 0. The Kier molecular flexibility index (Phi) is 4.17. The second-order valence-electron chi connectivity index (χ2n) is 2.19. The first kappa shape index (κ1) is 11.7. The SMILES string of the molecule is O=C(O)c1ccc(C(=O)O)cc1.[Mn]. The van der Waals surface area contributed by atoms with Crippen LogP contribution in [0.4, 0.5) is 0 Å². The van der Waals surface area contributed by atoms with E-state index in [1.165, 1.54) is 24.3 Å². The zero-order valence-corrected chi connectivity index (χ0v) is 7.58. The average molecular weight is 221 g/mol. The minimum Gasteiger partial charge on any atom is -0.478 e. The molecule has 1 aromatic rings. The van der Waals surface area contributed by atoms with Crippen LogP contribution < -0.4 is 0 Å². The molecule has 0 aliphatic rings. The van der Waals surface area contributed by atoms with Gasteiger partial charge in [0, 0.05) is 17.1 Å². The van der Waals surface area contributed by atoms with Crippen molar-refractivity contribution in [2.45, 2.75) is 0 Å². The maximum absolute atomic E-state index is 10.3. The minimum atomic E-state index is -1.06. The summed E-state index contributed by atoms with van der Waals surface area (Å²) < 4.78 is 0. The Balaban J connectivity index is 0.00000144. The van der Waals surface area contributed by atoms with Gasteiger partial charge in [-0.15, -0.1) is 0 Å². The Bertz CT molecular complexity index is 284. The summed E-state index contributed by atoms with van der Waals surface area (Å²) in [5.74, 6) is -2.13. The number of hydrogen-bond donors (Lipinski definition) is 2. The van der Waals surface area contributed by atoms with Crippen molar-refractivity contribution in [3.8, 4) is 0 Å². The molecular weight excluding hydrogens is 215 g/mol. The van der Waals surface area contributed by atoms with Gasteiger partial charge in [0.15, 0.2) is 0 Å². The third-order valence-corrected chi connectivity index (χ3v) is 1.38. The molecule has 0 aromatic heterocycles. The largest absolute Gasteiger partial charge is 0.478 e. The molecule has 69 valence electrons. The molecular formula is C8H6MnO4. The third-order valence-electron chi connectivity index (χ3n) is 1.38. The number of carbonyl (C=O) groups is 2. The molecule has 0 fully saturated rings. The molecule has 2 N–H and O–H groups in total. The molecule has 1 radical (unpaired) electrons. The maximum atomic E-state index is 10.3. The van der Waals surface area contributed by atoms with Crippen LogP contribution in [0.15, 0.2) is 24.3 Å². The molecule has 0 atom stereocenters. The van der Waals surface area contributed by atoms with Gasteiger partial charge in [-0.1, -0.05) is 0 Å². The molecule has 4 nitrogen and oxygen atoms in total. The predicted octanol–water partition coefficient (Wildman–Crippen LogP) is 1.08. The normalized spacial score (nSPS) is 8.62. The van der Waals surface area contributed by atoms with Crippen LogP contribution in [0, 0.1) is 0 Å². The smallest absolute Gasteiger partial charge is 0.335 e. The molecule has 5 heteroatoms. The minimum absolute atomic E-state index is 0. The standard InChI is InChI=1S/C8H6O4.Mn/c9-7(10)5-1-2-6(4-3-5)8(11)12;/h1-4H,(H,9,10)(H,11,12);.